The quantitative estimate of drug-likeness (QED) is 0.743. The van der Waals surface area contributed by atoms with Gasteiger partial charge in [-0.15, -0.1) is 0 Å². The second kappa shape index (κ2) is 5.27. The SMILES string of the molecule is CNC(=O)c1ccc(N2CCN(C)CC2)c(N)c1. The standard InChI is InChI=1S/C13H20N4O/c1-15-13(18)10-3-4-12(11(14)9-10)17-7-5-16(2)6-8-17/h3-4,9H,5-8,14H2,1-2H3,(H,15,18). The lowest BCUT2D eigenvalue weighted by atomic mass is 10.1. The molecule has 2 rings (SSSR count). The number of nitrogen functional groups attached to an aromatic ring is 1. The van der Waals surface area contributed by atoms with Crippen molar-refractivity contribution in [1.29, 1.82) is 0 Å². The van der Waals surface area contributed by atoms with E-state index < -0.39 is 0 Å². The third-order valence-electron chi connectivity index (χ3n) is 3.36. The number of likely N-dealkylation sites (N-methyl/N-ethyl adjacent to an activating group) is 1. The minimum Gasteiger partial charge on any atom is -0.397 e. The van der Waals surface area contributed by atoms with Crippen LogP contribution in [-0.4, -0.2) is 51.1 Å². The zero-order valence-corrected chi connectivity index (χ0v) is 10.9. The Morgan fingerprint density at radius 3 is 2.50 bits per heavy atom. The number of carbonyl (C=O) groups excluding carboxylic acids is 1. The van der Waals surface area contributed by atoms with Gasteiger partial charge in [-0.25, -0.2) is 0 Å². The van der Waals surface area contributed by atoms with Crippen LogP contribution in [0.5, 0.6) is 0 Å². The third kappa shape index (κ3) is 2.56. The molecule has 5 nitrogen and oxygen atoms in total. The molecule has 1 amide bonds. The fourth-order valence-electron chi connectivity index (χ4n) is 2.18. The van der Waals surface area contributed by atoms with Crippen LogP contribution in [0.25, 0.3) is 0 Å². The van der Waals surface area contributed by atoms with Gasteiger partial charge in [-0.1, -0.05) is 0 Å². The van der Waals surface area contributed by atoms with Crippen molar-refractivity contribution in [2.24, 2.45) is 0 Å². The molecule has 0 unspecified atom stereocenters. The van der Waals surface area contributed by atoms with Crippen LogP contribution in [0.1, 0.15) is 10.4 Å². The maximum absolute atomic E-state index is 11.5. The van der Waals surface area contributed by atoms with Crippen molar-refractivity contribution in [3.05, 3.63) is 23.8 Å². The number of benzene rings is 1. The predicted octanol–water partition coefficient (Wildman–Crippen LogP) is 0.380. The molecule has 1 aliphatic rings. The van der Waals surface area contributed by atoms with Gasteiger partial charge in [-0.2, -0.15) is 0 Å². The van der Waals surface area contributed by atoms with Crippen LogP contribution in [0, 0.1) is 0 Å². The van der Waals surface area contributed by atoms with E-state index in [9.17, 15) is 4.79 Å². The van der Waals surface area contributed by atoms with Gasteiger partial charge in [0.1, 0.15) is 0 Å². The van der Waals surface area contributed by atoms with Crippen molar-refractivity contribution in [3.63, 3.8) is 0 Å². The average molecular weight is 248 g/mol. The van der Waals surface area contributed by atoms with Crippen molar-refractivity contribution >= 4 is 17.3 Å². The summed E-state index contributed by atoms with van der Waals surface area (Å²) >= 11 is 0. The molecule has 98 valence electrons. The van der Waals surface area contributed by atoms with E-state index in [1.807, 2.05) is 12.1 Å². The molecule has 1 aromatic carbocycles. The van der Waals surface area contributed by atoms with Gasteiger partial charge in [0.05, 0.1) is 11.4 Å². The topological polar surface area (TPSA) is 61.6 Å². The highest BCUT2D eigenvalue weighted by molar-refractivity contribution is 5.96. The lowest BCUT2D eigenvalue weighted by Gasteiger charge is -2.34. The van der Waals surface area contributed by atoms with Crippen LogP contribution in [0.4, 0.5) is 11.4 Å². The minimum absolute atomic E-state index is 0.105. The smallest absolute Gasteiger partial charge is 0.251 e. The molecular formula is C13H20N4O. The number of hydrogen-bond donors (Lipinski definition) is 2. The number of nitrogens with one attached hydrogen (secondary N) is 1. The van der Waals surface area contributed by atoms with Crippen molar-refractivity contribution in [2.45, 2.75) is 0 Å². The molecule has 5 heteroatoms. The molecule has 18 heavy (non-hydrogen) atoms. The van der Waals surface area contributed by atoms with Gasteiger partial charge in [-0.3, -0.25) is 4.79 Å². The van der Waals surface area contributed by atoms with Crippen molar-refractivity contribution in [3.8, 4) is 0 Å². The van der Waals surface area contributed by atoms with Crippen LogP contribution >= 0.6 is 0 Å². The molecule has 0 aromatic heterocycles. The average Bonchev–Trinajstić information content (AvgIpc) is 2.39. The second-order valence-corrected chi connectivity index (χ2v) is 4.64. The number of nitrogens with two attached hydrogens (primary N) is 1. The van der Waals surface area contributed by atoms with E-state index in [1.54, 1.807) is 13.1 Å². The van der Waals surface area contributed by atoms with E-state index >= 15 is 0 Å². The molecule has 1 aliphatic heterocycles. The first-order valence-electron chi connectivity index (χ1n) is 6.17. The molecule has 1 aromatic rings. The Morgan fingerprint density at radius 2 is 1.94 bits per heavy atom. The number of hydrogen-bond acceptors (Lipinski definition) is 4. The van der Waals surface area contributed by atoms with Gasteiger partial charge < -0.3 is 20.9 Å². The molecule has 1 saturated heterocycles. The highest BCUT2D eigenvalue weighted by atomic mass is 16.1. The Balaban J connectivity index is 2.17. The lowest BCUT2D eigenvalue weighted by Crippen LogP contribution is -2.44. The summed E-state index contributed by atoms with van der Waals surface area (Å²) in [6.07, 6.45) is 0. The highest BCUT2D eigenvalue weighted by Crippen LogP contribution is 2.25. The molecule has 3 N–H and O–H groups in total. The zero-order chi connectivity index (χ0) is 13.1. The summed E-state index contributed by atoms with van der Waals surface area (Å²) in [5.41, 5.74) is 8.34. The van der Waals surface area contributed by atoms with Gasteiger partial charge >= 0.3 is 0 Å². The van der Waals surface area contributed by atoms with E-state index in [2.05, 4.69) is 22.2 Å². The fraction of sp³-hybridized carbons (Fsp3) is 0.462. The normalized spacial score (nSPS) is 16.7. The van der Waals surface area contributed by atoms with Gasteiger partial charge in [-0.05, 0) is 25.2 Å². The van der Waals surface area contributed by atoms with E-state index in [4.69, 9.17) is 5.73 Å². The van der Waals surface area contributed by atoms with Crippen LogP contribution < -0.4 is 16.0 Å². The maximum Gasteiger partial charge on any atom is 0.251 e. The number of amides is 1. The number of anilines is 2. The fourth-order valence-corrected chi connectivity index (χ4v) is 2.18. The largest absolute Gasteiger partial charge is 0.397 e. The Bertz CT molecular complexity index is 439. The van der Waals surface area contributed by atoms with Gasteiger partial charge in [0.2, 0.25) is 0 Å². The Hall–Kier alpha value is -1.75. The second-order valence-electron chi connectivity index (χ2n) is 4.64. The first-order valence-corrected chi connectivity index (χ1v) is 6.17. The molecule has 0 radical (unpaired) electrons. The number of nitrogens with zero attached hydrogens (tertiary/aromatic N) is 2. The van der Waals surface area contributed by atoms with Crippen LogP contribution in [0.3, 0.4) is 0 Å². The Kier molecular flexibility index (Phi) is 3.72. The molecule has 0 spiro atoms. The van der Waals surface area contributed by atoms with E-state index in [-0.39, 0.29) is 5.91 Å². The van der Waals surface area contributed by atoms with Gasteiger partial charge in [0, 0.05) is 38.8 Å². The first-order chi connectivity index (χ1) is 8.61. The Labute approximate surface area is 108 Å². The minimum atomic E-state index is -0.105. The molecule has 0 bridgehead atoms. The van der Waals surface area contributed by atoms with E-state index in [0.29, 0.717) is 11.3 Å². The van der Waals surface area contributed by atoms with E-state index in [1.165, 1.54) is 0 Å². The third-order valence-corrected chi connectivity index (χ3v) is 3.36. The van der Waals surface area contributed by atoms with E-state index in [0.717, 1.165) is 31.9 Å². The summed E-state index contributed by atoms with van der Waals surface area (Å²) in [5.74, 6) is -0.105. The molecule has 0 atom stereocenters. The predicted molar refractivity (Wildman–Crippen MR) is 74.0 cm³/mol. The summed E-state index contributed by atoms with van der Waals surface area (Å²) in [7, 11) is 3.74. The number of piperazine rings is 1. The highest BCUT2D eigenvalue weighted by Gasteiger charge is 2.17. The molecular weight excluding hydrogens is 228 g/mol. The molecule has 1 heterocycles. The summed E-state index contributed by atoms with van der Waals surface area (Å²) in [6.45, 7) is 4.02. The van der Waals surface area contributed by atoms with Crippen LogP contribution in [0.15, 0.2) is 18.2 Å². The maximum atomic E-state index is 11.5. The lowest BCUT2D eigenvalue weighted by molar-refractivity contribution is 0.0963. The van der Waals surface area contributed by atoms with Crippen molar-refractivity contribution in [2.75, 3.05) is 50.9 Å². The number of carbonyl (C=O) groups is 1. The summed E-state index contributed by atoms with van der Waals surface area (Å²) in [5, 5.41) is 2.60. The van der Waals surface area contributed by atoms with Crippen LogP contribution in [0.2, 0.25) is 0 Å². The van der Waals surface area contributed by atoms with Crippen molar-refractivity contribution < 1.29 is 4.79 Å². The number of rotatable bonds is 2. The van der Waals surface area contributed by atoms with Crippen LogP contribution in [-0.2, 0) is 0 Å². The summed E-state index contributed by atoms with van der Waals surface area (Å²) in [4.78, 5) is 16.1. The Morgan fingerprint density at radius 1 is 1.28 bits per heavy atom. The first kappa shape index (κ1) is 12.7. The summed E-state index contributed by atoms with van der Waals surface area (Å²) in [6, 6.07) is 5.50. The van der Waals surface area contributed by atoms with Gasteiger partial charge in [0.15, 0.2) is 0 Å². The van der Waals surface area contributed by atoms with Crippen molar-refractivity contribution in [1.82, 2.24) is 10.2 Å². The van der Waals surface area contributed by atoms with Gasteiger partial charge in [0.25, 0.3) is 5.91 Å². The summed E-state index contributed by atoms with van der Waals surface area (Å²) < 4.78 is 0. The molecule has 0 aliphatic carbocycles. The monoisotopic (exact) mass is 248 g/mol. The zero-order valence-electron chi connectivity index (χ0n) is 10.9. The molecule has 0 saturated carbocycles. The molecule has 1 fully saturated rings.